The van der Waals surface area contributed by atoms with Crippen LogP contribution < -0.4 is 23.6 Å². The first-order chi connectivity index (χ1) is 11.1. The first kappa shape index (κ1) is 21.3. The maximum absolute atomic E-state index is 6.12. The van der Waals surface area contributed by atoms with Crippen LogP contribution in [0, 0.1) is 6.92 Å². The van der Waals surface area contributed by atoms with Crippen LogP contribution in [0.5, 0.6) is 5.75 Å². The molecule has 0 bridgehead atoms. The minimum absolute atomic E-state index is 0. The quantitative estimate of drug-likeness (QED) is 0.400. The summed E-state index contributed by atoms with van der Waals surface area (Å²) in [4.78, 5) is 8.98. The van der Waals surface area contributed by atoms with E-state index >= 15 is 0 Å². The van der Waals surface area contributed by atoms with Crippen LogP contribution in [-0.2, 0) is 0 Å². The van der Waals surface area contributed by atoms with E-state index in [4.69, 9.17) is 27.9 Å². The van der Waals surface area contributed by atoms with E-state index in [1.54, 1.807) is 18.4 Å². The maximum atomic E-state index is 6.12. The number of unbranched alkanes of at least 4 members (excludes halogenated alkanes) is 1. The summed E-state index contributed by atoms with van der Waals surface area (Å²) in [5, 5.41) is 1.75. The van der Waals surface area contributed by atoms with Gasteiger partial charge >= 0.3 is 18.9 Å². The van der Waals surface area contributed by atoms with Crippen molar-refractivity contribution in [2.24, 2.45) is 0 Å². The monoisotopic (exact) mass is 374 g/mol. The third-order valence-electron chi connectivity index (χ3n) is 3.03. The fourth-order valence-corrected chi connectivity index (χ4v) is 3.37. The SMILES string of the molecule is COc1cccc2cc(-c3nc(Cl)ncc3Cl)sc12.[CH2-]CCC.[Li+]. The van der Waals surface area contributed by atoms with Crippen LogP contribution in [0.2, 0.25) is 10.3 Å². The summed E-state index contributed by atoms with van der Waals surface area (Å²) in [6.45, 7) is 5.72. The third-order valence-corrected chi connectivity index (χ3v) is 4.66. The van der Waals surface area contributed by atoms with Gasteiger partial charge in [-0.15, -0.1) is 11.3 Å². The summed E-state index contributed by atoms with van der Waals surface area (Å²) in [7, 11) is 1.66. The average molecular weight is 375 g/mol. The molecule has 122 valence electrons. The molecular formula is C17H17Cl2LiN2OS. The predicted octanol–water partition coefficient (Wildman–Crippen LogP) is 3.30. The Morgan fingerprint density at radius 1 is 1.29 bits per heavy atom. The standard InChI is InChI=1S/C13H8Cl2N2OS.C4H9.Li/c1-18-9-4-2-3-7-5-10(19-12(7)9)11-8(14)6-16-13(15)17-11;1-3-4-2;/h2-6H,1H3;1,3-4H2,2H3;/q;-1;+1. The number of benzene rings is 1. The van der Waals surface area contributed by atoms with Gasteiger partial charge < -0.3 is 11.7 Å². The molecule has 3 nitrogen and oxygen atoms in total. The molecule has 24 heavy (non-hydrogen) atoms. The number of methoxy groups -OCH3 is 1. The van der Waals surface area contributed by atoms with Crippen LogP contribution in [0.4, 0.5) is 0 Å². The van der Waals surface area contributed by atoms with E-state index in [-0.39, 0.29) is 24.1 Å². The first-order valence-electron chi connectivity index (χ1n) is 7.14. The molecule has 1 aromatic carbocycles. The summed E-state index contributed by atoms with van der Waals surface area (Å²) in [6.07, 6.45) is 3.79. The number of halogens is 2. The van der Waals surface area contributed by atoms with Crippen molar-refractivity contribution in [1.29, 1.82) is 0 Å². The van der Waals surface area contributed by atoms with Crippen LogP contribution in [0.1, 0.15) is 19.8 Å². The molecular weight excluding hydrogens is 358 g/mol. The minimum atomic E-state index is 0. The van der Waals surface area contributed by atoms with E-state index in [1.165, 1.54) is 12.6 Å². The zero-order valence-electron chi connectivity index (χ0n) is 14.0. The Hall–Kier alpha value is -0.763. The number of hydrogen-bond donors (Lipinski definition) is 0. The zero-order chi connectivity index (χ0) is 16.8. The van der Waals surface area contributed by atoms with E-state index in [1.807, 2.05) is 24.3 Å². The van der Waals surface area contributed by atoms with Crippen molar-refractivity contribution < 1.29 is 23.6 Å². The second-order valence-electron chi connectivity index (χ2n) is 4.68. The second kappa shape index (κ2) is 10.3. The van der Waals surface area contributed by atoms with Crippen molar-refractivity contribution in [2.45, 2.75) is 19.8 Å². The van der Waals surface area contributed by atoms with Crippen molar-refractivity contribution in [1.82, 2.24) is 9.97 Å². The van der Waals surface area contributed by atoms with Gasteiger partial charge in [0.2, 0.25) is 5.28 Å². The molecule has 0 atom stereocenters. The smallest absolute Gasteiger partial charge is 0.495 e. The van der Waals surface area contributed by atoms with E-state index < -0.39 is 0 Å². The molecule has 3 aromatic rings. The Kier molecular flexibility index (Phi) is 9.11. The molecule has 0 radical (unpaired) electrons. The Morgan fingerprint density at radius 3 is 2.62 bits per heavy atom. The topological polar surface area (TPSA) is 35.0 Å². The van der Waals surface area contributed by atoms with Gasteiger partial charge in [0.1, 0.15) is 11.4 Å². The molecule has 0 aliphatic rings. The van der Waals surface area contributed by atoms with E-state index in [0.717, 1.165) is 27.1 Å². The van der Waals surface area contributed by atoms with E-state index in [9.17, 15) is 0 Å². The van der Waals surface area contributed by atoms with Gasteiger partial charge in [0.25, 0.3) is 0 Å². The maximum Gasteiger partial charge on any atom is 1.00 e. The fraction of sp³-hybridized carbons (Fsp3) is 0.235. The van der Waals surface area contributed by atoms with Crippen LogP contribution >= 0.6 is 34.5 Å². The first-order valence-corrected chi connectivity index (χ1v) is 8.72. The number of aromatic nitrogens is 2. The largest absolute Gasteiger partial charge is 1.00 e. The normalized spacial score (nSPS) is 9.88. The summed E-state index contributed by atoms with van der Waals surface area (Å²) in [5.74, 6) is 0.838. The van der Waals surface area contributed by atoms with Crippen molar-refractivity contribution in [3.8, 4) is 16.3 Å². The van der Waals surface area contributed by atoms with Crippen LogP contribution in [0.3, 0.4) is 0 Å². The van der Waals surface area contributed by atoms with Crippen molar-refractivity contribution in [3.63, 3.8) is 0 Å². The van der Waals surface area contributed by atoms with E-state index in [2.05, 4.69) is 23.8 Å². The number of hydrogen-bond acceptors (Lipinski definition) is 4. The van der Waals surface area contributed by atoms with Crippen molar-refractivity contribution >= 4 is 44.6 Å². The third kappa shape index (κ3) is 5.11. The average Bonchev–Trinajstić information content (AvgIpc) is 3.01. The summed E-state index contributed by atoms with van der Waals surface area (Å²) in [6, 6.07) is 7.92. The molecule has 2 heterocycles. The number of fused-ring (bicyclic) bond motifs is 1. The molecule has 0 aliphatic heterocycles. The molecule has 0 saturated carbocycles. The Balaban J connectivity index is 0.000000522. The number of thiophene rings is 1. The molecule has 7 heteroatoms. The molecule has 0 aliphatic carbocycles. The van der Waals surface area contributed by atoms with Gasteiger partial charge in [-0.05, 0) is 29.1 Å². The Bertz CT molecular complexity index is 793. The second-order valence-corrected chi connectivity index (χ2v) is 6.48. The number of nitrogens with zero attached hydrogens (tertiary/aromatic N) is 2. The van der Waals surface area contributed by atoms with E-state index in [0.29, 0.717) is 10.7 Å². The van der Waals surface area contributed by atoms with Gasteiger partial charge in [-0.1, -0.05) is 37.1 Å². The zero-order valence-corrected chi connectivity index (χ0v) is 16.3. The van der Waals surface area contributed by atoms with Crippen molar-refractivity contribution in [3.05, 3.63) is 47.7 Å². The van der Waals surface area contributed by atoms with Gasteiger partial charge in [0.15, 0.2) is 0 Å². The van der Waals surface area contributed by atoms with Gasteiger partial charge in [0.05, 0.1) is 27.9 Å². The fourth-order valence-electron chi connectivity index (χ4n) is 1.83. The molecule has 0 saturated heterocycles. The number of rotatable bonds is 3. The summed E-state index contributed by atoms with van der Waals surface area (Å²) >= 11 is 13.5. The van der Waals surface area contributed by atoms with Crippen molar-refractivity contribution in [2.75, 3.05) is 7.11 Å². The van der Waals surface area contributed by atoms with Gasteiger partial charge in [0, 0.05) is 0 Å². The predicted molar refractivity (Wildman–Crippen MR) is 99.7 cm³/mol. The molecule has 2 aromatic heterocycles. The molecule has 0 fully saturated rings. The summed E-state index contributed by atoms with van der Waals surface area (Å²) < 4.78 is 6.41. The molecule has 0 spiro atoms. The van der Waals surface area contributed by atoms with Crippen LogP contribution in [-0.4, -0.2) is 17.1 Å². The number of ether oxygens (including phenoxy) is 1. The molecule has 0 unspecified atom stereocenters. The molecule has 0 amide bonds. The Labute approximate surface area is 168 Å². The summed E-state index contributed by atoms with van der Waals surface area (Å²) in [5.41, 5.74) is 0.643. The van der Waals surface area contributed by atoms with Gasteiger partial charge in [-0.2, -0.15) is 6.42 Å². The van der Waals surface area contributed by atoms with Gasteiger partial charge in [-0.3, -0.25) is 0 Å². The van der Waals surface area contributed by atoms with Crippen LogP contribution in [0.15, 0.2) is 30.5 Å². The molecule has 3 rings (SSSR count). The van der Waals surface area contributed by atoms with Crippen LogP contribution in [0.25, 0.3) is 20.7 Å². The Morgan fingerprint density at radius 2 is 2.00 bits per heavy atom. The molecule has 0 N–H and O–H groups in total. The van der Waals surface area contributed by atoms with Gasteiger partial charge in [-0.25, -0.2) is 9.97 Å². The minimum Gasteiger partial charge on any atom is -0.495 e.